The summed E-state index contributed by atoms with van der Waals surface area (Å²) in [4.78, 5) is 10.6. The van der Waals surface area contributed by atoms with Crippen LogP contribution in [0.5, 0.6) is 11.5 Å². The van der Waals surface area contributed by atoms with Gasteiger partial charge in [0.2, 0.25) is 6.79 Å². The molecule has 0 saturated heterocycles. The maximum atomic E-state index is 10.6. The first-order chi connectivity index (χ1) is 7.66. The summed E-state index contributed by atoms with van der Waals surface area (Å²) >= 11 is 0. The zero-order chi connectivity index (χ0) is 11.5. The van der Waals surface area contributed by atoms with E-state index in [9.17, 15) is 4.79 Å². The van der Waals surface area contributed by atoms with Crippen molar-refractivity contribution in [3.63, 3.8) is 0 Å². The molecule has 1 heterocycles. The molecule has 0 saturated carbocycles. The molecule has 1 aromatic rings. The Balaban J connectivity index is 2.10. The SMILES string of the molecule is CC(CC(=O)O)Cc1cccc2c1OCO2. The molecule has 2 rings (SSSR count). The van der Waals surface area contributed by atoms with E-state index in [0.717, 1.165) is 17.1 Å². The number of para-hydroxylation sites is 1. The number of rotatable bonds is 4. The average molecular weight is 222 g/mol. The molecule has 0 bridgehead atoms. The van der Waals surface area contributed by atoms with Crippen LogP contribution in [0.25, 0.3) is 0 Å². The summed E-state index contributed by atoms with van der Waals surface area (Å²) in [5.41, 5.74) is 1.02. The van der Waals surface area contributed by atoms with Crippen LogP contribution in [0.1, 0.15) is 18.9 Å². The van der Waals surface area contributed by atoms with Crippen LogP contribution < -0.4 is 9.47 Å². The fraction of sp³-hybridized carbons (Fsp3) is 0.417. The van der Waals surface area contributed by atoms with Crippen molar-refractivity contribution in [2.45, 2.75) is 19.8 Å². The molecule has 1 unspecified atom stereocenters. The molecule has 86 valence electrons. The molecule has 0 aromatic heterocycles. The Hall–Kier alpha value is -1.71. The number of benzene rings is 1. The van der Waals surface area contributed by atoms with E-state index in [4.69, 9.17) is 14.6 Å². The summed E-state index contributed by atoms with van der Waals surface area (Å²) in [6, 6.07) is 5.70. The van der Waals surface area contributed by atoms with Gasteiger partial charge in [-0.2, -0.15) is 0 Å². The number of aliphatic carboxylic acids is 1. The second-order valence-electron chi connectivity index (χ2n) is 4.06. The van der Waals surface area contributed by atoms with Crippen LogP contribution in [-0.4, -0.2) is 17.9 Å². The van der Waals surface area contributed by atoms with Crippen LogP contribution in [0, 0.1) is 5.92 Å². The van der Waals surface area contributed by atoms with Gasteiger partial charge in [-0.15, -0.1) is 0 Å². The fourth-order valence-corrected chi connectivity index (χ4v) is 1.90. The standard InChI is InChI=1S/C12H14O4/c1-8(6-11(13)14)5-9-3-2-4-10-12(9)16-7-15-10/h2-4,8H,5-7H2,1H3,(H,13,14). The first-order valence-electron chi connectivity index (χ1n) is 5.26. The summed E-state index contributed by atoms with van der Waals surface area (Å²) in [5.74, 6) is 0.838. The van der Waals surface area contributed by atoms with Crippen molar-refractivity contribution in [1.82, 2.24) is 0 Å². The number of hydrogen-bond donors (Lipinski definition) is 1. The molecular formula is C12H14O4. The maximum Gasteiger partial charge on any atom is 0.303 e. The first-order valence-corrected chi connectivity index (χ1v) is 5.26. The summed E-state index contributed by atoms with van der Waals surface area (Å²) in [6.07, 6.45) is 0.864. The topological polar surface area (TPSA) is 55.8 Å². The predicted octanol–water partition coefficient (Wildman–Crippen LogP) is 2.07. The quantitative estimate of drug-likeness (QED) is 0.847. The van der Waals surface area contributed by atoms with Crippen molar-refractivity contribution in [3.05, 3.63) is 23.8 Å². The van der Waals surface area contributed by atoms with Crippen molar-refractivity contribution < 1.29 is 19.4 Å². The van der Waals surface area contributed by atoms with Gasteiger partial charge in [-0.05, 0) is 24.0 Å². The molecule has 1 aliphatic rings. The zero-order valence-corrected chi connectivity index (χ0v) is 9.10. The molecule has 0 fully saturated rings. The smallest absolute Gasteiger partial charge is 0.303 e. The Morgan fingerprint density at radius 3 is 3.06 bits per heavy atom. The third-order valence-electron chi connectivity index (χ3n) is 2.57. The van der Waals surface area contributed by atoms with E-state index in [0.29, 0.717) is 6.42 Å². The number of carboxylic acid groups (broad SMARTS) is 1. The second kappa shape index (κ2) is 4.43. The minimum Gasteiger partial charge on any atom is -0.481 e. The van der Waals surface area contributed by atoms with Crippen LogP contribution in [0.4, 0.5) is 0 Å². The number of carbonyl (C=O) groups is 1. The van der Waals surface area contributed by atoms with Gasteiger partial charge >= 0.3 is 5.97 Å². The second-order valence-corrected chi connectivity index (χ2v) is 4.06. The van der Waals surface area contributed by atoms with Crippen molar-refractivity contribution in [3.8, 4) is 11.5 Å². The maximum absolute atomic E-state index is 10.6. The molecule has 0 spiro atoms. The highest BCUT2D eigenvalue weighted by Gasteiger charge is 2.19. The Bertz CT molecular complexity index is 400. The third kappa shape index (κ3) is 2.27. The lowest BCUT2D eigenvalue weighted by atomic mass is 9.97. The summed E-state index contributed by atoms with van der Waals surface area (Å²) in [7, 11) is 0. The van der Waals surface area contributed by atoms with Crippen molar-refractivity contribution in [1.29, 1.82) is 0 Å². The van der Waals surface area contributed by atoms with Crippen LogP contribution in [-0.2, 0) is 11.2 Å². The fourth-order valence-electron chi connectivity index (χ4n) is 1.90. The molecule has 1 N–H and O–H groups in total. The summed E-state index contributed by atoms with van der Waals surface area (Å²) < 4.78 is 10.6. The molecule has 1 aromatic carbocycles. The van der Waals surface area contributed by atoms with Gasteiger partial charge in [0, 0.05) is 6.42 Å². The predicted molar refractivity (Wildman–Crippen MR) is 57.7 cm³/mol. The molecule has 16 heavy (non-hydrogen) atoms. The molecule has 0 radical (unpaired) electrons. The van der Waals surface area contributed by atoms with E-state index >= 15 is 0 Å². The lowest BCUT2D eigenvalue weighted by Crippen LogP contribution is -2.07. The highest BCUT2D eigenvalue weighted by molar-refractivity contribution is 5.67. The first kappa shape index (κ1) is 10.8. The lowest BCUT2D eigenvalue weighted by Gasteiger charge is -2.10. The Labute approximate surface area is 93.8 Å². The minimum atomic E-state index is -0.766. The van der Waals surface area contributed by atoms with E-state index in [1.165, 1.54) is 0 Å². The molecule has 0 amide bonds. The van der Waals surface area contributed by atoms with Gasteiger partial charge in [-0.25, -0.2) is 0 Å². The van der Waals surface area contributed by atoms with Gasteiger partial charge in [0.25, 0.3) is 0 Å². The lowest BCUT2D eigenvalue weighted by molar-refractivity contribution is -0.137. The molecule has 1 aliphatic heterocycles. The van der Waals surface area contributed by atoms with Crippen LogP contribution >= 0.6 is 0 Å². The highest BCUT2D eigenvalue weighted by Crippen LogP contribution is 2.36. The number of carboxylic acids is 1. The minimum absolute atomic E-state index is 0.0909. The normalized spacial score (nSPS) is 14.8. The van der Waals surface area contributed by atoms with Gasteiger partial charge < -0.3 is 14.6 Å². The molecule has 4 heteroatoms. The van der Waals surface area contributed by atoms with Gasteiger partial charge in [0.15, 0.2) is 11.5 Å². The summed E-state index contributed by atoms with van der Waals surface area (Å²) in [6.45, 7) is 2.17. The third-order valence-corrected chi connectivity index (χ3v) is 2.57. The van der Waals surface area contributed by atoms with Crippen LogP contribution in [0.3, 0.4) is 0 Å². The molecular weight excluding hydrogens is 208 g/mol. The number of ether oxygens (including phenoxy) is 2. The summed E-state index contributed by atoms with van der Waals surface area (Å²) in [5, 5.41) is 8.70. The van der Waals surface area contributed by atoms with E-state index in [-0.39, 0.29) is 19.1 Å². The Morgan fingerprint density at radius 2 is 2.31 bits per heavy atom. The van der Waals surface area contributed by atoms with Crippen LogP contribution in [0.2, 0.25) is 0 Å². The Morgan fingerprint density at radius 1 is 1.50 bits per heavy atom. The number of fused-ring (bicyclic) bond motifs is 1. The van der Waals surface area contributed by atoms with Gasteiger partial charge in [-0.1, -0.05) is 19.1 Å². The molecule has 0 aliphatic carbocycles. The van der Waals surface area contributed by atoms with Gasteiger partial charge in [-0.3, -0.25) is 4.79 Å². The average Bonchev–Trinajstić information content (AvgIpc) is 2.65. The monoisotopic (exact) mass is 222 g/mol. The van der Waals surface area contributed by atoms with Gasteiger partial charge in [0.05, 0.1) is 0 Å². The van der Waals surface area contributed by atoms with Gasteiger partial charge in [0.1, 0.15) is 0 Å². The highest BCUT2D eigenvalue weighted by atomic mass is 16.7. The number of hydrogen-bond acceptors (Lipinski definition) is 3. The zero-order valence-electron chi connectivity index (χ0n) is 9.10. The van der Waals surface area contributed by atoms with Crippen molar-refractivity contribution >= 4 is 5.97 Å². The van der Waals surface area contributed by atoms with E-state index in [1.807, 2.05) is 25.1 Å². The van der Waals surface area contributed by atoms with Crippen LogP contribution in [0.15, 0.2) is 18.2 Å². The Kier molecular flexibility index (Phi) is 2.99. The largest absolute Gasteiger partial charge is 0.481 e. The van der Waals surface area contributed by atoms with Crippen molar-refractivity contribution in [2.75, 3.05) is 6.79 Å². The molecule has 4 nitrogen and oxygen atoms in total. The van der Waals surface area contributed by atoms with E-state index < -0.39 is 5.97 Å². The van der Waals surface area contributed by atoms with Crippen molar-refractivity contribution in [2.24, 2.45) is 5.92 Å². The molecule has 1 atom stereocenters. The van der Waals surface area contributed by atoms with E-state index in [2.05, 4.69) is 0 Å². The van der Waals surface area contributed by atoms with E-state index in [1.54, 1.807) is 0 Å².